The van der Waals surface area contributed by atoms with E-state index in [2.05, 4.69) is 0 Å². The average Bonchev–Trinajstić information content (AvgIpc) is 2.84. The van der Waals surface area contributed by atoms with Crippen molar-refractivity contribution in [1.82, 2.24) is 0 Å². The number of Topliss-reactive ketones (excluding diaryl/α,β-unsaturated/α-hetero) is 1. The van der Waals surface area contributed by atoms with Crippen LogP contribution in [0.15, 0.2) is 35.7 Å². The van der Waals surface area contributed by atoms with Gasteiger partial charge in [0, 0.05) is 0 Å². The molecule has 1 heterocycles. The fraction of sp³-hybridized carbons (Fsp3) is 0.0833. The van der Waals surface area contributed by atoms with E-state index in [0.717, 1.165) is 0 Å². The minimum absolute atomic E-state index is 0.321. The molecule has 0 saturated heterocycles. The molecule has 5 heteroatoms. The highest BCUT2D eigenvalue weighted by Crippen LogP contribution is 2.27. The largest absolute Gasteiger partial charge is 0.380 e. The number of aliphatic hydroxyl groups is 1. The van der Waals surface area contributed by atoms with E-state index in [1.54, 1.807) is 29.6 Å². The Balaban J connectivity index is 2.28. The van der Waals surface area contributed by atoms with Crippen LogP contribution in [-0.2, 0) is 0 Å². The summed E-state index contributed by atoms with van der Waals surface area (Å²) in [5.41, 5.74) is 0.442. The minimum atomic E-state index is -1.21. The monoisotopic (exact) mass is 286 g/mol. The zero-order valence-electron chi connectivity index (χ0n) is 8.56. The third-order valence-corrected chi connectivity index (χ3v) is 3.90. The minimum Gasteiger partial charge on any atom is -0.380 e. The second-order valence-corrected chi connectivity index (χ2v) is 5.18. The van der Waals surface area contributed by atoms with E-state index in [9.17, 15) is 9.90 Å². The van der Waals surface area contributed by atoms with E-state index in [4.69, 9.17) is 23.2 Å². The van der Waals surface area contributed by atoms with Crippen molar-refractivity contribution in [3.05, 3.63) is 56.2 Å². The van der Waals surface area contributed by atoms with Crippen LogP contribution in [0.5, 0.6) is 0 Å². The van der Waals surface area contributed by atoms with Gasteiger partial charge in [0.05, 0.1) is 14.9 Å². The van der Waals surface area contributed by atoms with Gasteiger partial charge in [0.1, 0.15) is 6.10 Å². The van der Waals surface area contributed by atoms with Crippen LogP contribution >= 0.6 is 34.5 Å². The van der Waals surface area contributed by atoms with Crippen LogP contribution in [0.3, 0.4) is 0 Å². The summed E-state index contributed by atoms with van der Waals surface area (Å²) in [6, 6.07) is 8.09. The predicted octanol–water partition coefficient (Wildman–Crippen LogP) is 3.97. The maximum absolute atomic E-state index is 11.9. The Bertz CT molecular complexity index is 537. The van der Waals surface area contributed by atoms with Crippen molar-refractivity contribution >= 4 is 40.3 Å². The SMILES string of the molecule is O=C(c1cccs1)C(O)c1ccc(Cl)c(Cl)c1. The molecule has 2 nitrogen and oxygen atoms in total. The van der Waals surface area contributed by atoms with Crippen LogP contribution in [0.25, 0.3) is 0 Å². The van der Waals surface area contributed by atoms with Gasteiger partial charge in [-0.05, 0) is 29.1 Å². The standard InChI is InChI=1S/C12H8Cl2O2S/c13-8-4-3-7(6-9(8)14)11(15)12(16)10-2-1-5-17-10/h1-6,11,15H. The summed E-state index contributed by atoms with van der Waals surface area (Å²) in [5.74, 6) is -0.335. The van der Waals surface area contributed by atoms with Gasteiger partial charge in [0.15, 0.2) is 0 Å². The van der Waals surface area contributed by atoms with E-state index < -0.39 is 6.10 Å². The molecular formula is C12H8Cl2O2S. The van der Waals surface area contributed by atoms with Crippen LogP contribution < -0.4 is 0 Å². The van der Waals surface area contributed by atoms with Crippen LogP contribution in [0.2, 0.25) is 10.0 Å². The van der Waals surface area contributed by atoms with Gasteiger partial charge in [-0.25, -0.2) is 0 Å². The molecule has 0 saturated carbocycles. The molecule has 2 aromatic rings. The highest BCUT2D eigenvalue weighted by molar-refractivity contribution is 7.12. The van der Waals surface area contributed by atoms with Gasteiger partial charge >= 0.3 is 0 Å². The number of hydrogen-bond donors (Lipinski definition) is 1. The van der Waals surface area contributed by atoms with Crippen molar-refractivity contribution in [2.45, 2.75) is 6.10 Å². The van der Waals surface area contributed by atoms with Crippen molar-refractivity contribution in [3.63, 3.8) is 0 Å². The van der Waals surface area contributed by atoms with E-state index in [-0.39, 0.29) is 5.78 Å². The summed E-state index contributed by atoms with van der Waals surface area (Å²) in [6.07, 6.45) is -1.21. The molecule has 0 aliphatic carbocycles. The Kier molecular flexibility index (Phi) is 3.84. The molecule has 0 amide bonds. The van der Waals surface area contributed by atoms with Crippen molar-refractivity contribution in [3.8, 4) is 0 Å². The van der Waals surface area contributed by atoms with Crippen molar-refractivity contribution in [2.24, 2.45) is 0 Å². The third-order valence-electron chi connectivity index (χ3n) is 2.27. The van der Waals surface area contributed by atoms with Crippen LogP contribution in [-0.4, -0.2) is 10.9 Å². The molecule has 0 bridgehead atoms. The molecule has 0 spiro atoms. The van der Waals surface area contributed by atoms with E-state index >= 15 is 0 Å². The van der Waals surface area contributed by atoms with E-state index in [1.165, 1.54) is 17.4 Å². The number of benzene rings is 1. The van der Waals surface area contributed by atoms with Gasteiger partial charge in [0.25, 0.3) is 0 Å². The highest BCUT2D eigenvalue weighted by Gasteiger charge is 2.20. The molecule has 0 aliphatic heterocycles. The number of carbonyl (C=O) groups is 1. The van der Waals surface area contributed by atoms with Crippen molar-refractivity contribution in [1.29, 1.82) is 0 Å². The van der Waals surface area contributed by atoms with Gasteiger partial charge in [-0.2, -0.15) is 0 Å². The molecule has 2 rings (SSSR count). The van der Waals surface area contributed by atoms with Crippen molar-refractivity contribution < 1.29 is 9.90 Å². The van der Waals surface area contributed by atoms with E-state index in [0.29, 0.717) is 20.5 Å². The quantitative estimate of drug-likeness (QED) is 0.867. The van der Waals surface area contributed by atoms with Crippen molar-refractivity contribution in [2.75, 3.05) is 0 Å². The number of rotatable bonds is 3. The first-order valence-electron chi connectivity index (χ1n) is 4.80. The fourth-order valence-electron chi connectivity index (χ4n) is 1.39. The molecule has 1 aromatic heterocycles. The molecule has 0 radical (unpaired) electrons. The summed E-state index contributed by atoms with van der Waals surface area (Å²) in [6.45, 7) is 0. The summed E-state index contributed by atoms with van der Waals surface area (Å²) in [5, 5.41) is 12.4. The summed E-state index contributed by atoms with van der Waals surface area (Å²) < 4.78 is 0. The summed E-state index contributed by atoms with van der Waals surface area (Å²) in [4.78, 5) is 12.4. The number of hydrogen-bond acceptors (Lipinski definition) is 3. The third kappa shape index (κ3) is 2.69. The predicted molar refractivity (Wildman–Crippen MR) is 70.1 cm³/mol. The fourth-order valence-corrected chi connectivity index (χ4v) is 2.38. The van der Waals surface area contributed by atoms with E-state index in [1.807, 2.05) is 0 Å². The Morgan fingerprint density at radius 3 is 2.59 bits per heavy atom. The van der Waals surface area contributed by atoms with Gasteiger partial charge in [0.2, 0.25) is 5.78 Å². The molecule has 1 N–H and O–H groups in total. The first-order chi connectivity index (χ1) is 8.09. The molecule has 1 unspecified atom stereocenters. The van der Waals surface area contributed by atoms with Gasteiger partial charge in [-0.15, -0.1) is 11.3 Å². The van der Waals surface area contributed by atoms with Crippen LogP contribution in [0, 0.1) is 0 Å². The Labute approximate surface area is 112 Å². The number of carbonyl (C=O) groups excluding carboxylic acids is 1. The lowest BCUT2D eigenvalue weighted by Gasteiger charge is -2.09. The van der Waals surface area contributed by atoms with Crippen LogP contribution in [0.4, 0.5) is 0 Å². The first kappa shape index (κ1) is 12.6. The van der Waals surface area contributed by atoms with Gasteiger partial charge < -0.3 is 5.11 Å². The first-order valence-corrected chi connectivity index (χ1v) is 6.44. The molecule has 0 fully saturated rings. The maximum atomic E-state index is 11.9. The zero-order valence-corrected chi connectivity index (χ0v) is 10.9. The number of ketones is 1. The lowest BCUT2D eigenvalue weighted by atomic mass is 10.0. The lowest BCUT2D eigenvalue weighted by Crippen LogP contribution is -2.10. The second-order valence-electron chi connectivity index (χ2n) is 3.42. The Hall–Kier alpha value is -0.870. The summed E-state index contributed by atoms with van der Waals surface area (Å²) >= 11 is 12.9. The summed E-state index contributed by atoms with van der Waals surface area (Å²) in [7, 11) is 0. The molecule has 1 aromatic carbocycles. The molecule has 17 heavy (non-hydrogen) atoms. The van der Waals surface area contributed by atoms with Crippen LogP contribution in [0.1, 0.15) is 21.3 Å². The highest BCUT2D eigenvalue weighted by atomic mass is 35.5. The smallest absolute Gasteiger partial charge is 0.205 e. The molecule has 88 valence electrons. The Morgan fingerprint density at radius 2 is 2.00 bits per heavy atom. The molecule has 1 atom stereocenters. The zero-order chi connectivity index (χ0) is 12.4. The van der Waals surface area contributed by atoms with Gasteiger partial charge in [-0.3, -0.25) is 4.79 Å². The molecular weight excluding hydrogens is 279 g/mol. The normalized spacial score (nSPS) is 12.4. The van der Waals surface area contributed by atoms with Gasteiger partial charge in [-0.1, -0.05) is 35.3 Å². The number of halogens is 2. The number of thiophene rings is 1. The second kappa shape index (κ2) is 5.19. The number of aliphatic hydroxyl groups excluding tert-OH is 1. The topological polar surface area (TPSA) is 37.3 Å². The lowest BCUT2D eigenvalue weighted by molar-refractivity contribution is 0.0752. The Morgan fingerprint density at radius 1 is 1.24 bits per heavy atom. The average molecular weight is 287 g/mol. The maximum Gasteiger partial charge on any atom is 0.205 e. The molecule has 0 aliphatic rings.